The van der Waals surface area contributed by atoms with E-state index in [4.69, 9.17) is 4.74 Å². The molecular formula is C27H27N3O4S. The van der Waals surface area contributed by atoms with E-state index in [1.165, 1.54) is 22.2 Å². The van der Waals surface area contributed by atoms with Crippen LogP contribution >= 0.6 is 11.3 Å². The highest BCUT2D eigenvalue weighted by molar-refractivity contribution is 7.17. The molecule has 2 heterocycles. The maximum absolute atomic E-state index is 13.3. The Morgan fingerprint density at radius 3 is 2.71 bits per heavy atom. The lowest BCUT2D eigenvalue weighted by atomic mass is 9.99. The molecule has 1 N–H and O–H groups in total. The van der Waals surface area contributed by atoms with E-state index in [9.17, 15) is 14.4 Å². The number of hydrogen-bond acceptors (Lipinski definition) is 6. The molecule has 7 nitrogen and oxygen atoms in total. The van der Waals surface area contributed by atoms with Gasteiger partial charge in [0.25, 0.3) is 5.56 Å². The number of aryl methyl sites for hydroxylation is 2. The van der Waals surface area contributed by atoms with Crippen molar-refractivity contribution in [1.82, 2.24) is 9.55 Å². The summed E-state index contributed by atoms with van der Waals surface area (Å²) in [6.07, 6.45) is 3.12. The number of carbonyl (C=O) groups is 2. The zero-order valence-corrected chi connectivity index (χ0v) is 20.8. The van der Waals surface area contributed by atoms with Crippen LogP contribution in [0.5, 0.6) is 0 Å². The monoisotopic (exact) mass is 489 g/mol. The minimum atomic E-state index is -0.434. The predicted octanol–water partition coefficient (Wildman–Crippen LogP) is 5.34. The summed E-state index contributed by atoms with van der Waals surface area (Å²) in [5.41, 5.74) is 4.56. The first-order valence-corrected chi connectivity index (χ1v) is 12.4. The molecule has 4 rings (SSSR count). The highest BCUT2D eigenvalue weighted by atomic mass is 32.1. The summed E-state index contributed by atoms with van der Waals surface area (Å²) in [7, 11) is 0. The molecule has 1 amide bonds. The number of aromatic nitrogens is 2. The Morgan fingerprint density at radius 2 is 1.94 bits per heavy atom. The van der Waals surface area contributed by atoms with Gasteiger partial charge < -0.3 is 10.1 Å². The second-order valence-corrected chi connectivity index (χ2v) is 9.30. The fraction of sp³-hybridized carbons (Fsp3) is 0.259. The number of rotatable bonds is 8. The number of esters is 1. The smallest absolute Gasteiger partial charge is 0.338 e. The van der Waals surface area contributed by atoms with Crippen LogP contribution in [-0.4, -0.2) is 28.0 Å². The van der Waals surface area contributed by atoms with Gasteiger partial charge in [-0.15, -0.1) is 11.3 Å². The Hall–Kier alpha value is -3.78. The highest BCUT2D eigenvalue weighted by Gasteiger charge is 2.16. The van der Waals surface area contributed by atoms with E-state index in [-0.39, 0.29) is 12.1 Å². The van der Waals surface area contributed by atoms with E-state index in [1.54, 1.807) is 24.3 Å². The molecule has 0 fully saturated rings. The molecule has 0 bridgehead atoms. The molecule has 180 valence electrons. The zero-order chi connectivity index (χ0) is 24.9. The second kappa shape index (κ2) is 10.7. The Morgan fingerprint density at radius 1 is 1.11 bits per heavy atom. The van der Waals surface area contributed by atoms with Crippen molar-refractivity contribution in [2.24, 2.45) is 0 Å². The number of benzene rings is 2. The molecule has 0 radical (unpaired) electrons. The molecule has 4 aromatic rings. The molecule has 0 aliphatic heterocycles. The van der Waals surface area contributed by atoms with Gasteiger partial charge in [-0.2, -0.15) is 0 Å². The molecule has 0 saturated carbocycles. The first kappa shape index (κ1) is 24.3. The van der Waals surface area contributed by atoms with Crippen LogP contribution in [0.3, 0.4) is 0 Å². The Balaban J connectivity index is 1.54. The lowest BCUT2D eigenvalue weighted by Gasteiger charge is -2.10. The zero-order valence-electron chi connectivity index (χ0n) is 20.0. The number of nitrogens with zero attached hydrogens (tertiary/aromatic N) is 2. The summed E-state index contributed by atoms with van der Waals surface area (Å²) in [6, 6.07) is 12.7. The SMILES string of the molecule is CCCCOC(=O)c1cccc(NC(=O)Cn2cnc3scc(-c4ccc(C)cc4C)c3c2=O)c1. The summed E-state index contributed by atoms with van der Waals surface area (Å²) in [6.45, 7) is 6.22. The van der Waals surface area contributed by atoms with Crippen molar-refractivity contribution in [2.45, 2.75) is 40.2 Å². The second-order valence-electron chi connectivity index (χ2n) is 8.44. The first-order chi connectivity index (χ1) is 16.9. The summed E-state index contributed by atoms with van der Waals surface area (Å²) in [4.78, 5) is 43.3. The number of unbranched alkanes of at least 4 members (excludes halogenated alkanes) is 1. The number of nitrogens with one attached hydrogen (secondary N) is 1. The number of fused-ring (bicyclic) bond motifs is 1. The number of thiophene rings is 1. The molecule has 2 aromatic carbocycles. The van der Waals surface area contributed by atoms with Crippen molar-refractivity contribution in [2.75, 3.05) is 11.9 Å². The molecule has 0 atom stereocenters. The third-order valence-electron chi connectivity index (χ3n) is 5.66. The summed E-state index contributed by atoms with van der Waals surface area (Å²) < 4.78 is 6.54. The summed E-state index contributed by atoms with van der Waals surface area (Å²) in [5, 5.41) is 5.20. The Bertz CT molecular complexity index is 1450. The van der Waals surface area contributed by atoms with Gasteiger partial charge in [0, 0.05) is 16.6 Å². The summed E-state index contributed by atoms with van der Waals surface area (Å²) in [5.74, 6) is -0.829. The van der Waals surface area contributed by atoms with Crippen LogP contribution in [0.2, 0.25) is 0 Å². The molecular weight excluding hydrogens is 462 g/mol. The third-order valence-corrected chi connectivity index (χ3v) is 6.55. The van der Waals surface area contributed by atoms with E-state index in [0.29, 0.717) is 28.1 Å². The number of ether oxygens (including phenoxy) is 1. The quantitative estimate of drug-likeness (QED) is 0.267. The third kappa shape index (κ3) is 5.49. The predicted molar refractivity (Wildman–Crippen MR) is 139 cm³/mol. The number of carbonyl (C=O) groups excluding carboxylic acids is 2. The van der Waals surface area contributed by atoms with Crippen LogP contribution in [0.4, 0.5) is 5.69 Å². The lowest BCUT2D eigenvalue weighted by molar-refractivity contribution is -0.116. The van der Waals surface area contributed by atoms with Gasteiger partial charge >= 0.3 is 5.97 Å². The van der Waals surface area contributed by atoms with Gasteiger partial charge in [0.05, 0.1) is 23.9 Å². The van der Waals surface area contributed by atoms with Crippen molar-refractivity contribution >= 4 is 39.1 Å². The number of anilines is 1. The van der Waals surface area contributed by atoms with E-state index in [1.807, 2.05) is 38.3 Å². The van der Waals surface area contributed by atoms with Gasteiger partial charge in [0.1, 0.15) is 11.4 Å². The molecule has 2 aromatic heterocycles. The van der Waals surface area contributed by atoms with Gasteiger partial charge in [-0.3, -0.25) is 14.2 Å². The molecule has 0 unspecified atom stereocenters. The lowest BCUT2D eigenvalue weighted by Crippen LogP contribution is -2.27. The number of hydrogen-bond donors (Lipinski definition) is 1. The largest absolute Gasteiger partial charge is 0.462 e. The van der Waals surface area contributed by atoms with Crippen LogP contribution in [0.25, 0.3) is 21.3 Å². The average molecular weight is 490 g/mol. The van der Waals surface area contributed by atoms with Gasteiger partial charge in [0.2, 0.25) is 5.91 Å². The topological polar surface area (TPSA) is 90.3 Å². The normalized spacial score (nSPS) is 10.9. The van der Waals surface area contributed by atoms with E-state index in [0.717, 1.165) is 35.1 Å². The van der Waals surface area contributed by atoms with Crippen LogP contribution < -0.4 is 10.9 Å². The van der Waals surface area contributed by atoms with Crippen molar-refractivity contribution in [3.05, 3.63) is 81.2 Å². The highest BCUT2D eigenvalue weighted by Crippen LogP contribution is 2.33. The van der Waals surface area contributed by atoms with Crippen LogP contribution in [-0.2, 0) is 16.1 Å². The molecule has 0 aliphatic rings. The van der Waals surface area contributed by atoms with E-state index < -0.39 is 11.9 Å². The Kier molecular flexibility index (Phi) is 7.41. The molecule has 0 spiro atoms. The minimum absolute atomic E-state index is 0.199. The molecule has 8 heteroatoms. The minimum Gasteiger partial charge on any atom is -0.462 e. The Labute approximate surface area is 207 Å². The summed E-state index contributed by atoms with van der Waals surface area (Å²) >= 11 is 1.41. The molecule has 35 heavy (non-hydrogen) atoms. The van der Waals surface area contributed by atoms with Gasteiger partial charge in [-0.1, -0.05) is 43.2 Å². The standard InChI is InChI=1S/C27H27N3O4S/c1-4-5-11-34-27(33)19-7-6-8-20(13-19)29-23(31)14-30-16-28-25-24(26(30)32)22(15-35-25)21-10-9-17(2)12-18(21)3/h6-10,12-13,15-16H,4-5,11,14H2,1-3H3,(H,29,31). The van der Waals surface area contributed by atoms with Gasteiger partial charge in [-0.25, -0.2) is 9.78 Å². The average Bonchev–Trinajstić information content (AvgIpc) is 3.26. The van der Waals surface area contributed by atoms with E-state index in [2.05, 4.69) is 16.4 Å². The van der Waals surface area contributed by atoms with Gasteiger partial charge in [-0.05, 0) is 49.6 Å². The van der Waals surface area contributed by atoms with Crippen molar-refractivity contribution in [1.29, 1.82) is 0 Å². The maximum Gasteiger partial charge on any atom is 0.338 e. The first-order valence-electron chi connectivity index (χ1n) is 11.5. The van der Waals surface area contributed by atoms with E-state index >= 15 is 0 Å². The number of amides is 1. The maximum atomic E-state index is 13.3. The van der Waals surface area contributed by atoms with Crippen LogP contribution in [0.15, 0.2) is 59.0 Å². The van der Waals surface area contributed by atoms with Crippen LogP contribution in [0.1, 0.15) is 41.3 Å². The fourth-order valence-electron chi connectivity index (χ4n) is 3.87. The van der Waals surface area contributed by atoms with Crippen LogP contribution in [0, 0.1) is 13.8 Å². The van der Waals surface area contributed by atoms with Crippen molar-refractivity contribution in [3.63, 3.8) is 0 Å². The fourth-order valence-corrected chi connectivity index (χ4v) is 4.76. The van der Waals surface area contributed by atoms with Gasteiger partial charge in [0.15, 0.2) is 0 Å². The van der Waals surface area contributed by atoms with Crippen molar-refractivity contribution < 1.29 is 14.3 Å². The molecule has 0 aliphatic carbocycles. The van der Waals surface area contributed by atoms with Crippen molar-refractivity contribution in [3.8, 4) is 11.1 Å². The molecule has 0 saturated heterocycles.